The minimum atomic E-state index is -0.490. The van der Waals surface area contributed by atoms with Gasteiger partial charge in [0.25, 0.3) is 0 Å². The second-order valence-electron chi connectivity index (χ2n) is 7.25. The van der Waals surface area contributed by atoms with Gasteiger partial charge in [-0.1, -0.05) is 41.4 Å². The van der Waals surface area contributed by atoms with Crippen LogP contribution >= 0.6 is 23.2 Å². The van der Waals surface area contributed by atoms with E-state index in [0.29, 0.717) is 39.9 Å². The number of carbonyl (C=O) groups excluding carboxylic acids is 1. The molecule has 0 saturated heterocycles. The molecule has 4 nitrogen and oxygen atoms in total. The van der Waals surface area contributed by atoms with Crippen LogP contribution in [-0.4, -0.2) is 5.78 Å². The van der Waals surface area contributed by atoms with Crippen molar-refractivity contribution in [3.8, 4) is 6.07 Å². The van der Waals surface area contributed by atoms with E-state index < -0.39 is 5.92 Å². The van der Waals surface area contributed by atoms with Crippen molar-refractivity contribution in [2.75, 3.05) is 4.90 Å². The van der Waals surface area contributed by atoms with E-state index in [0.717, 1.165) is 28.9 Å². The molecule has 29 heavy (non-hydrogen) atoms. The molecule has 0 bridgehead atoms. The standard InChI is InChI=1S/C23H19Cl2N3O/c1-13-17(25)4-2-5-18(13)28-19-6-3-7-20(29)22(19)21(16(12-26)23(28)27)14-8-10-15(24)11-9-14/h2,4-5,8-11,21H,3,6-7,27H2,1H3/t21-/m0/s1. The Morgan fingerprint density at radius 2 is 1.86 bits per heavy atom. The van der Waals surface area contributed by atoms with Gasteiger partial charge >= 0.3 is 0 Å². The Labute approximate surface area is 179 Å². The number of nitrogens with zero attached hydrogens (tertiary/aromatic N) is 2. The zero-order valence-electron chi connectivity index (χ0n) is 15.9. The molecule has 1 heterocycles. The minimum absolute atomic E-state index is 0.0520. The van der Waals surface area contributed by atoms with Crippen molar-refractivity contribution in [3.05, 3.63) is 86.3 Å². The van der Waals surface area contributed by atoms with E-state index in [1.807, 2.05) is 42.2 Å². The Balaban J connectivity index is 1.99. The number of hydrogen-bond acceptors (Lipinski definition) is 4. The molecule has 2 aliphatic rings. The highest BCUT2D eigenvalue weighted by molar-refractivity contribution is 6.31. The molecule has 1 atom stereocenters. The highest BCUT2D eigenvalue weighted by Gasteiger charge is 2.40. The highest BCUT2D eigenvalue weighted by atomic mass is 35.5. The summed E-state index contributed by atoms with van der Waals surface area (Å²) in [6, 6.07) is 15.1. The van der Waals surface area contributed by atoms with Gasteiger partial charge in [-0.15, -0.1) is 0 Å². The average molecular weight is 424 g/mol. The van der Waals surface area contributed by atoms with Crippen LogP contribution in [0.2, 0.25) is 10.0 Å². The number of hydrogen-bond donors (Lipinski definition) is 1. The van der Waals surface area contributed by atoms with E-state index in [2.05, 4.69) is 6.07 Å². The zero-order valence-corrected chi connectivity index (χ0v) is 17.4. The summed E-state index contributed by atoms with van der Waals surface area (Å²) in [5.41, 5.74) is 10.9. The molecule has 4 rings (SSSR count). The lowest BCUT2D eigenvalue weighted by atomic mass is 9.75. The summed E-state index contributed by atoms with van der Waals surface area (Å²) >= 11 is 12.4. The maximum atomic E-state index is 13.1. The normalized spacial score (nSPS) is 19.3. The van der Waals surface area contributed by atoms with E-state index >= 15 is 0 Å². The van der Waals surface area contributed by atoms with E-state index in [1.54, 1.807) is 12.1 Å². The van der Waals surface area contributed by atoms with Gasteiger partial charge in [0, 0.05) is 27.7 Å². The third-order valence-electron chi connectivity index (χ3n) is 5.60. The average Bonchev–Trinajstić information content (AvgIpc) is 2.71. The molecule has 146 valence electrons. The summed E-state index contributed by atoms with van der Waals surface area (Å²) < 4.78 is 0. The predicted octanol–water partition coefficient (Wildman–Crippen LogP) is 5.61. The van der Waals surface area contributed by atoms with Crippen LogP contribution in [0.25, 0.3) is 0 Å². The molecule has 6 heteroatoms. The van der Waals surface area contributed by atoms with Crippen molar-refractivity contribution < 1.29 is 4.79 Å². The van der Waals surface area contributed by atoms with Crippen molar-refractivity contribution in [3.63, 3.8) is 0 Å². The molecule has 1 aliphatic carbocycles. The highest BCUT2D eigenvalue weighted by Crippen LogP contribution is 2.47. The molecule has 2 N–H and O–H groups in total. The first-order valence-corrected chi connectivity index (χ1v) is 10.2. The Bertz CT molecular complexity index is 1110. The van der Waals surface area contributed by atoms with E-state index in [1.165, 1.54) is 0 Å². The van der Waals surface area contributed by atoms with Crippen LogP contribution in [0.5, 0.6) is 0 Å². The zero-order chi connectivity index (χ0) is 20.7. The lowest BCUT2D eigenvalue weighted by Crippen LogP contribution is -2.39. The number of carbonyl (C=O) groups is 1. The summed E-state index contributed by atoms with van der Waals surface area (Å²) in [6.07, 6.45) is 1.91. The Morgan fingerprint density at radius 3 is 2.55 bits per heavy atom. The van der Waals surface area contributed by atoms with Gasteiger partial charge in [-0.3, -0.25) is 9.69 Å². The molecule has 0 radical (unpaired) electrons. The monoisotopic (exact) mass is 423 g/mol. The third-order valence-corrected chi connectivity index (χ3v) is 6.26. The molecule has 0 saturated carbocycles. The first-order chi connectivity index (χ1) is 13.9. The van der Waals surface area contributed by atoms with Gasteiger partial charge in [-0.05, 0) is 55.2 Å². The molecular formula is C23H19Cl2N3O. The van der Waals surface area contributed by atoms with Gasteiger partial charge in [0.05, 0.1) is 23.2 Å². The van der Waals surface area contributed by atoms with Gasteiger partial charge in [0.15, 0.2) is 5.78 Å². The minimum Gasteiger partial charge on any atom is -0.384 e. The molecular weight excluding hydrogens is 405 g/mol. The number of benzene rings is 2. The summed E-state index contributed by atoms with van der Waals surface area (Å²) in [5, 5.41) is 11.2. The van der Waals surface area contributed by atoms with Crippen molar-refractivity contribution in [2.45, 2.75) is 32.1 Å². The first-order valence-electron chi connectivity index (χ1n) is 9.40. The number of halogens is 2. The fourth-order valence-electron chi connectivity index (χ4n) is 4.19. The van der Waals surface area contributed by atoms with Gasteiger partial charge in [-0.2, -0.15) is 5.26 Å². The fourth-order valence-corrected chi connectivity index (χ4v) is 4.48. The lowest BCUT2D eigenvalue weighted by Gasteiger charge is -2.40. The second kappa shape index (κ2) is 7.59. The van der Waals surface area contributed by atoms with Crippen molar-refractivity contribution >= 4 is 34.7 Å². The topological polar surface area (TPSA) is 70.1 Å². The third kappa shape index (κ3) is 3.21. The van der Waals surface area contributed by atoms with Crippen LogP contribution in [0.3, 0.4) is 0 Å². The van der Waals surface area contributed by atoms with Crippen LogP contribution in [0.1, 0.15) is 36.3 Å². The van der Waals surface area contributed by atoms with Gasteiger partial charge < -0.3 is 5.73 Å². The van der Waals surface area contributed by atoms with E-state index in [-0.39, 0.29) is 5.78 Å². The van der Waals surface area contributed by atoms with Crippen LogP contribution in [0, 0.1) is 18.3 Å². The van der Waals surface area contributed by atoms with Crippen LogP contribution in [0.4, 0.5) is 5.69 Å². The Hall–Kier alpha value is -2.74. The van der Waals surface area contributed by atoms with Crippen LogP contribution in [-0.2, 0) is 4.79 Å². The van der Waals surface area contributed by atoms with Crippen LogP contribution < -0.4 is 10.6 Å². The van der Waals surface area contributed by atoms with Crippen molar-refractivity contribution in [1.29, 1.82) is 5.26 Å². The maximum Gasteiger partial charge on any atom is 0.161 e. The van der Waals surface area contributed by atoms with Gasteiger partial charge in [0.1, 0.15) is 5.82 Å². The van der Waals surface area contributed by atoms with E-state index in [4.69, 9.17) is 28.9 Å². The smallest absolute Gasteiger partial charge is 0.161 e. The Morgan fingerprint density at radius 1 is 1.14 bits per heavy atom. The summed E-state index contributed by atoms with van der Waals surface area (Å²) in [6.45, 7) is 1.91. The SMILES string of the molecule is Cc1c(Cl)cccc1N1C(N)=C(C#N)[C@H](c2ccc(Cl)cc2)C2=C1CCCC2=O. The molecule has 0 aromatic heterocycles. The molecule has 2 aromatic carbocycles. The number of nitrogens with two attached hydrogens (primary N) is 1. The van der Waals surface area contributed by atoms with Crippen molar-refractivity contribution in [2.24, 2.45) is 5.73 Å². The fraction of sp³-hybridized carbons (Fsp3) is 0.217. The van der Waals surface area contributed by atoms with Gasteiger partial charge in [0.2, 0.25) is 0 Å². The summed E-state index contributed by atoms with van der Waals surface area (Å²) in [5.74, 6) is -0.0989. The summed E-state index contributed by atoms with van der Waals surface area (Å²) in [7, 11) is 0. The first kappa shape index (κ1) is 19.6. The van der Waals surface area contributed by atoms with Gasteiger partial charge in [-0.25, -0.2) is 0 Å². The van der Waals surface area contributed by atoms with E-state index in [9.17, 15) is 10.1 Å². The number of Topliss-reactive ketones (excluding diaryl/α,β-unsaturated/α-hetero) is 1. The quantitative estimate of drug-likeness (QED) is 0.681. The largest absolute Gasteiger partial charge is 0.384 e. The lowest BCUT2D eigenvalue weighted by molar-refractivity contribution is -0.116. The molecule has 0 fully saturated rings. The number of allylic oxidation sites excluding steroid dienone is 3. The summed E-state index contributed by atoms with van der Waals surface area (Å²) in [4.78, 5) is 14.9. The molecule has 0 spiro atoms. The van der Waals surface area contributed by atoms with Crippen LogP contribution in [0.15, 0.2) is 65.1 Å². The number of rotatable bonds is 2. The number of anilines is 1. The Kier molecular flexibility index (Phi) is 5.12. The molecule has 2 aromatic rings. The maximum absolute atomic E-state index is 13.1. The number of nitriles is 1. The second-order valence-corrected chi connectivity index (χ2v) is 8.10. The molecule has 0 amide bonds. The molecule has 0 unspecified atom stereocenters. The molecule has 1 aliphatic heterocycles. The predicted molar refractivity (Wildman–Crippen MR) is 116 cm³/mol. The van der Waals surface area contributed by atoms with Crippen molar-refractivity contribution in [1.82, 2.24) is 0 Å². The number of ketones is 1.